The first-order chi connectivity index (χ1) is 17.4. The van der Waals surface area contributed by atoms with Gasteiger partial charge in [-0.15, -0.1) is 0 Å². The lowest BCUT2D eigenvalue weighted by atomic mass is 9.96. The van der Waals surface area contributed by atoms with Gasteiger partial charge in [0.15, 0.2) is 4.80 Å². The first-order valence-electron chi connectivity index (χ1n) is 11.2. The topological polar surface area (TPSA) is 73.8 Å². The first kappa shape index (κ1) is 24.0. The van der Waals surface area contributed by atoms with Gasteiger partial charge in [0, 0.05) is 16.7 Å². The monoisotopic (exact) mass is 522 g/mol. The van der Waals surface area contributed by atoms with Crippen LogP contribution in [0.5, 0.6) is 0 Å². The molecule has 182 valence electrons. The molecule has 0 saturated heterocycles. The number of benzene rings is 2. The minimum absolute atomic E-state index is 0.197. The Kier molecular flexibility index (Phi) is 6.47. The van der Waals surface area contributed by atoms with Crippen LogP contribution < -0.4 is 14.9 Å². The molecular weight excluding hydrogens is 503 g/mol. The van der Waals surface area contributed by atoms with Gasteiger partial charge >= 0.3 is 5.97 Å². The van der Waals surface area contributed by atoms with E-state index in [0.29, 0.717) is 42.7 Å². The number of carbonyl (C=O) groups excluding carboxylic acids is 1. The number of rotatable bonds is 5. The first-order valence-corrected chi connectivity index (χ1v) is 12.4. The summed E-state index contributed by atoms with van der Waals surface area (Å²) < 4.78 is 26.3. The van der Waals surface area contributed by atoms with Crippen molar-refractivity contribution in [1.82, 2.24) is 4.57 Å². The van der Waals surface area contributed by atoms with Gasteiger partial charge in [-0.3, -0.25) is 9.36 Å². The number of aromatic nitrogens is 1. The molecule has 0 amide bonds. The van der Waals surface area contributed by atoms with E-state index in [2.05, 4.69) is 4.99 Å². The number of carbonyl (C=O) groups is 1. The minimum atomic E-state index is -0.717. The predicted octanol–water partition coefficient (Wildman–Crippen LogP) is 4.85. The molecule has 1 aliphatic heterocycles. The zero-order valence-corrected chi connectivity index (χ0v) is 20.9. The molecule has 0 fully saturated rings. The fraction of sp³-hybridized carbons (Fsp3) is 0.148. The van der Waals surface area contributed by atoms with Crippen LogP contribution in [-0.4, -0.2) is 17.1 Å². The molecule has 4 aromatic rings. The van der Waals surface area contributed by atoms with Gasteiger partial charge in [0.25, 0.3) is 5.56 Å². The molecule has 0 saturated carbocycles. The number of hydrogen-bond acceptors (Lipinski definition) is 6. The highest BCUT2D eigenvalue weighted by molar-refractivity contribution is 7.07. The molecule has 5 rings (SSSR count). The van der Waals surface area contributed by atoms with Gasteiger partial charge in [-0.2, -0.15) is 0 Å². The lowest BCUT2D eigenvalue weighted by molar-refractivity contribution is -0.139. The largest absolute Gasteiger partial charge is 0.463 e. The maximum absolute atomic E-state index is 13.6. The van der Waals surface area contributed by atoms with E-state index < -0.39 is 12.0 Å². The lowest BCUT2D eigenvalue weighted by Crippen LogP contribution is -2.39. The van der Waals surface area contributed by atoms with Crippen molar-refractivity contribution in [1.29, 1.82) is 0 Å². The van der Waals surface area contributed by atoms with Gasteiger partial charge in [0.2, 0.25) is 0 Å². The number of fused-ring (bicyclic) bond motifs is 1. The lowest BCUT2D eigenvalue weighted by Gasteiger charge is -2.24. The van der Waals surface area contributed by atoms with Crippen LogP contribution in [0, 0.1) is 5.82 Å². The van der Waals surface area contributed by atoms with Gasteiger partial charge < -0.3 is 9.15 Å². The van der Waals surface area contributed by atoms with Gasteiger partial charge in [-0.05, 0) is 67.9 Å². The van der Waals surface area contributed by atoms with Crippen LogP contribution in [0.4, 0.5) is 4.39 Å². The molecule has 0 aliphatic carbocycles. The number of nitrogens with zero attached hydrogens (tertiary/aromatic N) is 2. The van der Waals surface area contributed by atoms with Crippen LogP contribution >= 0.6 is 22.9 Å². The van der Waals surface area contributed by atoms with E-state index in [1.54, 1.807) is 68.5 Å². The number of thiazole rings is 1. The third-order valence-electron chi connectivity index (χ3n) is 5.73. The zero-order valence-electron chi connectivity index (χ0n) is 19.3. The highest BCUT2D eigenvalue weighted by Crippen LogP contribution is 2.31. The molecule has 36 heavy (non-hydrogen) atoms. The molecule has 0 bridgehead atoms. The number of halogens is 2. The van der Waals surface area contributed by atoms with Crippen LogP contribution in [0.15, 0.2) is 86.1 Å². The zero-order chi connectivity index (χ0) is 25.4. The number of hydrogen-bond donors (Lipinski definition) is 0. The third kappa shape index (κ3) is 4.45. The summed E-state index contributed by atoms with van der Waals surface area (Å²) in [6, 6.07) is 15.7. The number of ether oxygens (including phenoxy) is 1. The summed E-state index contributed by atoms with van der Waals surface area (Å²) in [4.78, 5) is 31.5. The molecule has 6 nitrogen and oxygen atoms in total. The highest BCUT2D eigenvalue weighted by atomic mass is 35.5. The maximum Gasteiger partial charge on any atom is 0.338 e. The van der Waals surface area contributed by atoms with Crippen molar-refractivity contribution in [2.24, 2.45) is 4.99 Å². The fourth-order valence-corrected chi connectivity index (χ4v) is 5.23. The van der Waals surface area contributed by atoms with E-state index in [1.807, 2.05) is 0 Å². The molecule has 1 aliphatic rings. The van der Waals surface area contributed by atoms with Crippen molar-refractivity contribution in [3.05, 3.63) is 114 Å². The SMILES string of the molecule is CCOC(=O)C1=C(C)N=c2s/c(=C/c3ccc(-c4ccc(F)cc4)o3)c(=O)n2[C@H]1c1ccc(Cl)cc1. The van der Waals surface area contributed by atoms with Crippen molar-refractivity contribution >= 4 is 35.0 Å². The quantitative estimate of drug-likeness (QED) is 0.351. The molecule has 9 heteroatoms. The van der Waals surface area contributed by atoms with Crippen LogP contribution in [0.1, 0.15) is 31.2 Å². The Labute approximate surface area is 214 Å². The van der Waals surface area contributed by atoms with Gasteiger partial charge in [-0.1, -0.05) is 35.1 Å². The third-order valence-corrected chi connectivity index (χ3v) is 6.97. The van der Waals surface area contributed by atoms with E-state index in [1.165, 1.54) is 28.0 Å². The Bertz CT molecular complexity index is 1660. The summed E-state index contributed by atoms with van der Waals surface area (Å²) in [7, 11) is 0. The van der Waals surface area contributed by atoms with Crippen LogP contribution in [0.3, 0.4) is 0 Å². The number of allylic oxidation sites excluding steroid dienone is 1. The van der Waals surface area contributed by atoms with Crippen LogP contribution in [-0.2, 0) is 9.53 Å². The second-order valence-corrected chi connectivity index (χ2v) is 9.51. The molecule has 0 radical (unpaired) electrons. The summed E-state index contributed by atoms with van der Waals surface area (Å²) >= 11 is 7.29. The molecular formula is C27H20ClFN2O4S. The summed E-state index contributed by atoms with van der Waals surface area (Å²) in [5.74, 6) is 0.153. The predicted molar refractivity (Wildman–Crippen MR) is 136 cm³/mol. The molecule has 1 atom stereocenters. The average Bonchev–Trinajstić information content (AvgIpc) is 3.44. The fourth-order valence-electron chi connectivity index (χ4n) is 4.08. The maximum atomic E-state index is 13.6. The Morgan fingerprint density at radius 2 is 1.89 bits per heavy atom. The van der Waals surface area contributed by atoms with Crippen molar-refractivity contribution < 1.29 is 18.3 Å². The molecule has 0 spiro atoms. The van der Waals surface area contributed by atoms with E-state index in [0.717, 1.165) is 5.56 Å². The molecule has 2 aromatic carbocycles. The van der Waals surface area contributed by atoms with E-state index >= 15 is 0 Å². The van der Waals surface area contributed by atoms with Crippen LogP contribution in [0.25, 0.3) is 17.4 Å². The smallest absolute Gasteiger partial charge is 0.338 e. The van der Waals surface area contributed by atoms with Crippen LogP contribution in [0.2, 0.25) is 5.02 Å². The number of esters is 1. The van der Waals surface area contributed by atoms with E-state index in [9.17, 15) is 14.0 Å². The normalized spacial score (nSPS) is 15.6. The van der Waals surface area contributed by atoms with Gasteiger partial charge in [0.1, 0.15) is 17.3 Å². The van der Waals surface area contributed by atoms with E-state index in [-0.39, 0.29) is 18.0 Å². The summed E-state index contributed by atoms with van der Waals surface area (Å²) in [5.41, 5.74) is 1.90. The van der Waals surface area contributed by atoms with Crippen molar-refractivity contribution in [2.45, 2.75) is 19.9 Å². The Morgan fingerprint density at radius 1 is 1.17 bits per heavy atom. The summed E-state index contributed by atoms with van der Waals surface area (Å²) in [6.07, 6.45) is 1.64. The Morgan fingerprint density at radius 3 is 2.58 bits per heavy atom. The molecule has 2 aromatic heterocycles. The summed E-state index contributed by atoms with van der Waals surface area (Å²) in [5, 5.41) is 0.541. The second kappa shape index (κ2) is 9.72. The van der Waals surface area contributed by atoms with Gasteiger partial charge in [-0.25, -0.2) is 14.2 Å². The minimum Gasteiger partial charge on any atom is -0.463 e. The standard InChI is InChI=1S/C27H20ClFN2O4S/c1-3-34-26(33)23-15(2)30-27-31(24(23)17-4-8-18(28)9-5-17)25(32)22(36-27)14-20-12-13-21(35-20)16-6-10-19(29)11-7-16/h4-14,24H,3H2,1-2H3/b22-14+/t24-/m0/s1. The van der Waals surface area contributed by atoms with Crippen molar-refractivity contribution in [2.75, 3.05) is 6.61 Å². The molecule has 0 N–H and O–H groups in total. The molecule has 0 unspecified atom stereocenters. The van der Waals surface area contributed by atoms with E-state index in [4.69, 9.17) is 20.8 Å². The molecule has 3 heterocycles. The second-order valence-electron chi connectivity index (χ2n) is 8.06. The Hall–Kier alpha value is -3.75. The summed E-state index contributed by atoms with van der Waals surface area (Å²) in [6.45, 7) is 3.65. The highest BCUT2D eigenvalue weighted by Gasteiger charge is 2.33. The number of furan rings is 1. The Balaban J connectivity index is 1.63. The average molecular weight is 523 g/mol. The van der Waals surface area contributed by atoms with Gasteiger partial charge in [0.05, 0.1) is 28.5 Å². The van der Waals surface area contributed by atoms with Crippen molar-refractivity contribution in [3.63, 3.8) is 0 Å². The van der Waals surface area contributed by atoms with Crippen molar-refractivity contribution in [3.8, 4) is 11.3 Å².